The monoisotopic (exact) mass is 282 g/mol. The third kappa shape index (κ3) is 2.92. The van der Waals surface area contributed by atoms with E-state index in [0.29, 0.717) is 12.0 Å². The molecule has 78 valence electrons. The zero-order chi connectivity index (χ0) is 10.6. The minimum atomic E-state index is -2.49. The van der Waals surface area contributed by atoms with Gasteiger partial charge in [-0.1, -0.05) is 39.7 Å². The van der Waals surface area contributed by atoms with E-state index in [0.717, 1.165) is 11.8 Å². The molecule has 0 saturated carbocycles. The first-order valence-electron chi connectivity index (χ1n) is 4.28. The molecule has 0 saturated heterocycles. The van der Waals surface area contributed by atoms with Crippen LogP contribution in [0.15, 0.2) is 18.2 Å². The summed E-state index contributed by atoms with van der Waals surface area (Å²) >= 11 is 8.98. The summed E-state index contributed by atoms with van der Waals surface area (Å²) in [6, 6.07) is 4.91. The van der Waals surface area contributed by atoms with Crippen LogP contribution in [0.25, 0.3) is 0 Å². The van der Waals surface area contributed by atoms with Gasteiger partial charge in [0.15, 0.2) is 0 Å². The van der Waals surface area contributed by atoms with Gasteiger partial charge in [0, 0.05) is 15.9 Å². The van der Waals surface area contributed by atoms with E-state index in [1.54, 1.807) is 12.1 Å². The quantitative estimate of drug-likeness (QED) is 0.708. The number of benzene rings is 1. The van der Waals surface area contributed by atoms with Crippen LogP contribution in [0.2, 0.25) is 5.02 Å². The third-order valence-corrected chi connectivity index (χ3v) is 2.83. The van der Waals surface area contributed by atoms with Crippen molar-refractivity contribution in [2.75, 3.05) is 5.33 Å². The Kier molecular flexibility index (Phi) is 4.82. The normalized spacial score (nSPS) is 10.9. The first-order chi connectivity index (χ1) is 6.66. The summed E-state index contributed by atoms with van der Waals surface area (Å²) in [5.74, 6) is 0. The predicted molar refractivity (Wildman–Crippen MR) is 58.5 cm³/mol. The van der Waals surface area contributed by atoms with E-state index in [2.05, 4.69) is 15.9 Å². The third-order valence-electron chi connectivity index (χ3n) is 1.94. The van der Waals surface area contributed by atoms with Crippen molar-refractivity contribution < 1.29 is 8.78 Å². The van der Waals surface area contributed by atoms with Crippen molar-refractivity contribution in [3.05, 3.63) is 34.3 Å². The number of aryl methyl sites for hydroxylation is 1. The molecule has 0 spiro atoms. The van der Waals surface area contributed by atoms with Crippen LogP contribution in [0.5, 0.6) is 0 Å². The minimum absolute atomic E-state index is 0.0184. The average molecular weight is 284 g/mol. The Morgan fingerprint density at radius 2 is 2.07 bits per heavy atom. The first kappa shape index (κ1) is 11.9. The van der Waals surface area contributed by atoms with Crippen LogP contribution < -0.4 is 0 Å². The van der Waals surface area contributed by atoms with Crippen LogP contribution in [0.4, 0.5) is 8.78 Å². The summed E-state index contributed by atoms with van der Waals surface area (Å²) < 4.78 is 25.2. The fourth-order valence-electron chi connectivity index (χ4n) is 1.30. The van der Waals surface area contributed by atoms with Crippen molar-refractivity contribution in [3.63, 3.8) is 0 Å². The van der Waals surface area contributed by atoms with Gasteiger partial charge in [0.1, 0.15) is 0 Å². The lowest BCUT2D eigenvalue weighted by Crippen LogP contribution is -1.96. The molecule has 0 aliphatic rings. The number of alkyl halides is 3. The smallest absolute Gasteiger partial charge is 0.205 e. The van der Waals surface area contributed by atoms with E-state index in [1.807, 2.05) is 0 Å². The van der Waals surface area contributed by atoms with Crippen molar-refractivity contribution in [3.8, 4) is 0 Å². The van der Waals surface area contributed by atoms with Crippen molar-refractivity contribution >= 4 is 27.5 Å². The highest BCUT2D eigenvalue weighted by molar-refractivity contribution is 9.09. The lowest BCUT2D eigenvalue weighted by atomic mass is 10.0. The summed E-state index contributed by atoms with van der Waals surface area (Å²) in [6.45, 7) is 0. The molecule has 0 heterocycles. The highest BCUT2D eigenvalue weighted by Crippen LogP contribution is 2.30. The molecule has 0 amide bonds. The van der Waals surface area contributed by atoms with Crippen molar-refractivity contribution in [2.24, 2.45) is 0 Å². The van der Waals surface area contributed by atoms with Gasteiger partial charge in [-0.25, -0.2) is 8.78 Å². The fraction of sp³-hybridized carbons (Fsp3) is 0.400. The van der Waals surface area contributed by atoms with Gasteiger partial charge in [0.25, 0.3) is 6.43 Å². The predicted octanol–water partition coefficient (Wildman–Crippen LogP) is 4.61. The molecule has 0 atom stereocenters. The van der Waals surface area contributed by atoms with Gasteiger partial charge in [0.2, 0.25) is 0 Å². The number of rotatable bonds is 4. The van der Waals surface area contributed by atoms with Crippen LogP contribution in [0.3, 0.4) is 0 Å². The molecule has 0 aliphatic carbocycles. The maximum absolute atomic E-state index is 12.6. The summed E-state index contributed by atoms with van der Waals surface area (Å²) in [7, 11) is 0. The van der Waals surface area contributed by atoms with Crippen molar-refractivity contribution in [1.82, 2.24) is 0 Å². The molecule has 0 nitrogen and oxygen atoms in total. The second-order valence-electron chi connectivity index (χ2n) is 2.91. The summed E-state index contributed by atoms with van der Waals surface area (Å²) in [5.41, 5.74) is 0.627. The van der Waals surface area contributed by atoms with Crippen molar-refractivity contribution in [2.45, 2.75) is 19.3 Å². The number of hydrogen-bond acceptors (Lipinski definition) is 0. The summed E-state index contributed by atoms with van der Waals surface area (Å²) in [5, 5.41) is 0.967. The van der Waals surface area contributed by atoms with Gasteiger partial charge in [-0.15, -0.1) is 0 Å². The van der Waals surface area contributed by atoms with Gasteiger partial charge in [-0.3, -0.25) is 0 Å². The molecule has 0 N–H and O–H groups in total. The van der Waals surface area contributed by atoms with Gasteiger partial charge >= 0.3 is 0 Å². The van der Waals surface area contributed by atoms with Gasteiger partial charge < -0.3 is 0 Å². The molecular formula is C10H10BrClF2. The molecule has 0 aliphatic heterocycles. The van der Waals surface area contributed by atoms with Gasteiger partial charge in [-0.2, -0.15) is 0 Å². The standard InChI is InChI=1S/C10H10BrClF2/c11-6-2-4-7-3-1-5-8(12)9(7)10(13)14/h1,3,5,10H,2,4,6H2. The van der Waals surface area contributed by atoms with Crippen LogP contribution in [0.1, 0.15) is 24.0 Å². The SMILES string of the molecule is FC(F)c1c(Cl)cccc1CCCBr. The lowest BCUT2D eigenvalue weighted by molar-refractivity contribution is 0.150. The molecular weight excluding hydrogens is 273 g/mol. The van der Waals surface area contributed by atoms with Crippen LogP contribution in [0, 0.1) is 0 Å². The molecule has 0 radical (unpaired) electrons. The maximum Gasteiger partial charge on any atom is 0.265 e. The van der Waals surface area contributed by atoms with E-state index >= 15 is 0 Å². The largest absolute Gasteiger partial charge is 0.265 e. The highest BCUT2D eigenvalue weighted by Gasteiger charge is 2.15. The molecule has 4 heteroatoms. The second-order valence-corrected chi connectivity index (χ2v) is 4.11. The molecule has 1 aromatic carbocycles. The second kappa shape index (κ2) is 5.66. The van der Waals surface area contributed by atoms with Crippen LogP contribution in [-0.2, 0) is 6.42 Å². The first-order valence-corrected chi connectivity index (χ1v) is 5.78. The van der Waals surface area contributed by atoms with Gasteiger partial charge in [-0.05, 0) is 24.5 Å². The molecule has 0 fully saturated rings. The molecule has 1 rings (SSSR count). The number of hydrogen-bond donors (Lipinski definition) is 0. The maximum atomic E-state index is 12.6. The van der Waals surface area contributed by atoms with Crippen LogP contribution >= 0.6 is 27.5 Å². The zero-order valence-electron chi connectivity index (χ0n) is 7.44. The topological polar surface area (TPSA) is 0 Å². The molecule has 1 aromatic rings. The van der Waals surface area contributed by atoms with E-state index in [4.69, 9.17) is 11.6 Å². The van der Waals surface area contributed by atoms with E-state index in [-0.39, 0.29) is 10.6 Å². The molecule has 0 bridgehead atoms. The van der Waals surface area contributed by atoms with Gasteiger partial charge in [0.05, 0.1) is 0 Å². The highest BCUT2D eigenvalue weighted by atomic mass is 79.9. The minimum Gasteiger partial charge on any atom is -0.205 e. The van der Waals surface area contributed by atoms with E-state index in [1.165, 1.54) is 6.07 Å². The van der Waals surface area contributed by atoms with Crippen LogP contribution in [-0.4, -0.2) is 5.33 Å². The Bertz CT molecular complexity index is 302. The molecule has 0 aromatic heterocycles. The summed E-state index contributed by atoms with van der Waals surface area (Å²) in [4.78, 5) is 0. The van der Waals surface area contributed by atoms with E-state index < -0.39 is 6.43 Å². The Morgan fingerprint density at radius 1 is 1.36 bits per heavy atom. The van der Waals surface area contributed by atoms with Crippen molar-refractivity contribution in [1.29, 1.82) is 0 Å². The molecule has 0 unspecified atom stereocenters. The Hall–Kier alpha value is -0.150. The zero-order valence-corrected chi connectivity index (χ0v) is 9.78. The Labute approximate surface area is 95.4 Å². The lowest BCUT2D eigenvalue weighted by Gasteiger charge is -2.09. The fourth-order valence-corrected chi connectivity index (χ4v) is 1.86. The summed E-state index contributed by atoms with van der Waals surface area (Å²) in [6.07, 6.45) is -1.03. The van der Waals surface area contributed by atoms with E-state index in [9.17, 15) is 8.78 Å². The molecule has 14 heavy (non-hydrogen) atoms. The Morgan fingerprint density at radius 3 is 2.64 bits per heavy atom. The average Bonchev–Trinajstić information content (AvgIpc) is 2.14. The Balaban J connectivity index is 2.96. The number of halogens is 4.